The minimum atomic E-state index is -0.904. The summed E-state index contributed by atoms with van der Waals surface area (Å²) in [5.74, 6) is -0.302. The highest BCUT2D eigenvalue weighted by Crippen LogP contribution is 2.29. The van der Waals surface area contributed by atoms with Crippen molar-refractivity contribution in [1.82, 2.24) is 4.90 Å². The number of amides is 1. The maximum Gasteiger partial charge on any atom is 0.305 e. The van der Waals surface area contributed by atoms with Gasteiger partial charge in [-0.3, -0.25) is 9.59 Å². The lowest BCUT2D eigenvalue weighted by molar-refractivity contribution is -0.142. The molecule has 0 saturated heterocycles. The third-order valence-electron chi connectivity index (χ3n) is 3.40. The van der Waals surface area contributed by atoms with Crippen LogP contribution in [0.15, 0.2) is 24.3 Å². The Morgan fingerprint density at radius 1 is 1.40 bits per heavy atom. The second-order valence-corrected chi connectivity index (χ2v) is 5.19. The summed E-state index contributed by atoms with van der Waals surface area (Å²) in [6.07, 6.45) is -0.0434. The van der Waals surface area contributed by atoms with E-state index < -0.39 is 12.1 Å². The standard InChI is InChI=1S/C15H19NO4/c1-10(2)16(8-7-14(17)18)15(19)13-9-11-5-3-4-6-12(11)20-13/h3-6,10,13H,7-9H2,1-2H3,(H,17,18). The molecule has 0 aliphatic carbocycles. The molecular formula is C15H19NO4. The summed E-state index contributed by atoms with van der Waals surface area (Å²) in [4.78, 5) is 24.7. The summed E-state index contributed by atoms with van der Waals surface area (Å²) in [7, 11) is 0. The number of carboxylic acids is 1. The number of para-hydroxylation sites is 1. The van der Waals surface area contributed by atoms with Gasteiger partial charge >= 0.3 is 5.97 Å². The predicted octanol–water partition coefficient (Wildman–Crippen LogP) is 1.70. The largest absolute Gasteiger partial charge is 0.481 e. The van der Waals surface area contributed by atoms with E-state index in [1.807, 2.05) is 38.1 Å². The van der Waals surface area contributed by atoms with Gasteiger partial charge in [0, 0.05) is 19.0 Å². The van der Waals surface area contributed by atoms with Crippen LogP contribution in [0.1, 0.15) is 25.8 Å². The summed E-state index contributed by atoms with van der Waals surface area (Å²) in [5, 5.41) is 8.76. The van der Waals surface area contributed by atoms with Gasteiger partial charge < -0.3 is 14.7 Å². The van der Waals surface area contributed by atoms with Crippen LogP contribution in [0.25, 0.3) is 0 Å². The monoisotopic (exact) mass is 277 g/mol. The van der Waals surface area contributed by atoms with Gasteiger partial charge in [0.15, 0.2) is 6.10 Å². The first-order valence-corrected chi connectivity index (χ1v) is 6.76. The molecule has 5 nitrogen and oxygen atoms in total. The second-order valence-electron chi connectivity index (χ2n) is 5.19. The zero-order valence-corrected chi connectivity index (χ0v) is 11.7. The highest BCUT2D eigenvalue weighted by molar-refractivity contribution is 5.83. The van der Waals surface area contributed by atoms with Crippen LogP contribution in [0, 0.1) is 0 Å². The lowest BCUT2D eigenvalue weighted by Gasteiger charge is -2.28. The van der Waals surface area contributed by atoms with E-state index >= 15 is 0 Å². The average Bonchev–Trinajstić information content (AvgIpc) is 2.81. The SMILES string of the molecule is CC(C)N(CCC(=O)O)C(=O)C1Cc2ccccc2O1. The zero-order chi connectivity index (χ0) is 14.7. The molecule has 0 radical (unpaired) electrons. The van der Waals surface area contributed by atoms with Crippen LogP contribution < -0.4 is 4.74 Å². The first-order chi connectivity index (χ1) is 9.49. The van der Waals surface area contributed by atoms with Crippen LogP contribution >= 0.6 is 0 Å². The predicted molar refractivity (Wildman–Crippen MR) is 73.7 cm³/mol. The number of aliphatic carboxylic acids is 1. The van der Waals surface area contributed by atoms with Gasteiger partial charge in [0.2, 0.25) is 0 Å². The van der Waals surface area contributed by atoms with Crippen LogP contribution in [0.3, 0.4) is 0 Å². The number of rotatable bonds is 5. The van der Waals surface area contributed by atoms with E-state index in [1.54, 1.807) is 4.90 Å². The van der Waals surface area contributed by atoms with Gasteiger partial charge in [-0.2, -0.15) is 0 Å². The molecule has 1 N–H and O–H groups in total. The molecule has 1 heterocycles. The normalized spacial score (nSPS) is 16.6. The van der Waals surface area contributed by atoms with Gasteiger partial charge in [-0.25, -0.2) is 0 Å². The van der Waals surface area contributed by atoms with E-state index in [0.29, 0.717) is 6.42 Å². The zero-order valence-electron chi connectivity index (χ0n) is 11.7. The van der Waals surface area contributed by atoms with Crippen molar-refractivity contribution in [2.24, 2.45) is 0 Å². The van der Waals surface area contributed by atoms with Gasteiger partial charge in [0.05, 0.1) is 6.42 Å². The minimum Gasteiger partial charge on any atom is -0.481 e. The minimum absolute atomic E-state index is 0.0471. The second kappa shape index (κ2) is 5.94. The number of carbonyl (C=O) groups is 2. The van der Waals surface area contributed by atoms with Crippen molar-refractivity contribution in [3.8, 4) is 5.75 Å². The number of nitrogens with zero attached hydrogens (tertiary/aromatic N) is 1. The van der Waals surface area contributed by atoms with Crippen LogP contribution in [0.4, 0.5) is 0 Å². The highest BCUT2D eigenvalue weighted by Gasteiger charge is 2.33. The van der Waals surface area contributed by atoms with E-state index in [-0.39, 0.29) is 24.9 Å². The van der Waals surface area contributed by atoms with Gasteiger partial charge in [-0.15, -0.1) is 0 Å². The van der Waals surface area contributed by atoms with Gasteiger partial charge in [0.25, 0.3) is 5.91 Å². The summed E-state index contributed by atoms with van der Waals surface area (Å²) in [6, 6.07) is 7.53. The third kappa shape index (κ3) is 3.10. The van der Waals surface area contributed by atoms with Crippen molar-refractivity contribution >= 4 is 11.9 Å². The molecule has 5 heteroatoms. The molecule has 108 valence electrons. The number of ether oxygens (including phenoxy) is 1. The molecule has 0 aromatic heterocycles. The molecule has 1 atom stereocenters. The Labute approximate surface area is 118 Å². The van der Waals surface area contributed by atoms with E-state index in [2.05, 4.69) is 0 Å². The fourth-order valence-corrected chi connectivity index (χ4v) is 2.34. The molecule has 1 aliphatic heterocycles. The molecule has 1 aromatic rings. The van der Waals surface area contributed by atoms with Crippen LogP contribution in [0.5, 0.6) is 5.75 Å². The first kappa shape index (κ1) is 14.4. The molecule has 0 saturated carbocycles. The molecule has 0 fully saturated rings. The molecule has 1 aromatic carbocycles. The third-order valence-corrected chi connectivity index (χ3v) is 3.40. The van der Waals surface area contributed by atoms with Crippen molar-refractivity contribution < 1.29 is 19.4 Å². The molecule has 0 bridgehead atoms. The maximum absolute atomic E-state index is 12.5. The smallest absolute Gasteiger partial charge is 0.305 e. The summed E-state index contributed by atoms with van der Waals surface area (Å²) in [6.45, 7) is 3.96. The Hall–Kier alpha value is -2.04. The van der Waals surface area contributed by atoms with Crippen LogP contribution in [0.2, 0.25) is 0 Å². The van der Waals surface area contributed by atoms with E-state index in [9.17, 15) is 9.59 Å². The van der Waals surface area contributed by atoms with E-state index in [0.717, 1.165) is 11.3 Å². The van der Waals surface area contributed by atoms with Crippen molar-refractivity contribution in [2.45, 2.75) is 38.8 Å². The summed E-state index contributed by atoms with van der Waals surface area (Å²) < 4.78 is 5.67. The highest BCUT2D eigenvalue weighted by atomic mass is 16.5. The average molecular weight is 277 g/mol. The number of carbonyl (C=O) groups excluding carboxylic acids is 1. The lowest BCUT2D eigenvalue weighted by Crippen LogP contribution is -2.45. The molecule has 1 amide bonds. The quantitative estimate of drug-likeness (QED) is 0.889. The lowest BCUT2D eigenvalue weighted by atomic mass is 10.1. The molecular weight excluding hydrogens is 258 g/mol. The Kier molecular flexibility index (Phi) is 4.27. The van der Waals surface area contributed by atoms with Gasteiger partial charge in [-0.1, -0.05) is 18.2 Å². The number of hydrogen-bond acceptors (Lipinski definition) is 3. The van der Waals surface area contributed by atoms with Crippen LogP contribution in [-0.2, 0) is 16.0 Å². The Bertz CT molecular complexity index is 487. The fourth-order valence-electron chi connectivity index (χ4n) is 2.34. The Balaban J connectivity index is 2.04. The van der Waals surface area contributed by atoms with E-state index in [4.69, 9.17) is 9.84 Å². The van der Waals surface area contributed by atoms with Gasteiger partial charge in [-0.05, 0) is 25.5 Å². The maximum atomic E-state index is 12.5. The number of carboxylic acid groups (broad SMARTS) is 1. The number of hydrogen-bond donors (Lipinski definition) is 1. The van der Waals surface area contributed by atoms with Crippen molar-refractivity contribution in [3.63, 3.8) is 0 Å². The van der Waals surface area contributed by atoms with E-state index in [1.165, 1.54) is 0 Å². The molecule has 2 rings (SSSR count). The Morgan fingerprint density at radius 3 is 2.70 bits per heavy atom. The van der Waals surface area contributed by atoms with Crippen molar-refractivity contribution in [2.75, 3.05) is 6.54 Å². The molecule has 1 aliphatic rings. The topological polar surface area (TPSA) is 66.8 Å². The fraction of sp³-hybridized carbons (Fsp3) is 0.467. The number of benzene rings is 1. The van der Waals surface area contributed by atoms with Crippen molar-refractivity contribution in [3.05, 3.63) is 29.8 Å². The van der Waals surface area contributed by atoms with Crippen LogP contribution in [-0.4, -0.2) is 40.6 Å². The molecule has 0 spiro atoms. The summed E-state index contributed by atoms with van der Waals surface area (Å²) >= 11 is 0. The van der Waals surface area contributed by atoms with Crippen molar-refractivity contribution in [1.29, 1.82) is 0 Å². The van der Waals surface area contributed by atoms with Gasteiger partial charge in [0.1, 0.15) is 5.75 Å². The summed E-state index contributed by atoms with van der Waals surface area (Å²) in [5.41, 5.74) is 1.02. The Morgan fingerprint density at radius 2 is 2.10 bits per heavy atom. The first-order valence-electron chi connectivity index (χ1n) is 6.76. The molecule has 20 heavy (non-hydrogen) atoms. The number of fused-ring (bicyclic) bond motifs is 1. The molecule has 1 unspecified atom stereocenters.